The number of amides is 2. The molecule has 27 heavy (non-hydrogen) atoms. The fourth-order valence-corrected chi connectivity index (χ4v) is 3.04. The Hall–Kier alpha value is -3.03. The number of carboxylic acid groups (broad SMARTS) is 1. The number of nitrogens with one attached hydrogen (secondary N) is 1. The number of hydrogen-bond donors (Lipinski definition) is 2. The highest BCUT2D eigenvalue weighted by molar-refractivity contribution is 5.98. The minimum atomic E-state index is -1.20. The first kappa shape index (κ1) is 18.8. The summed E-state index contributed by atoms with van der Waals surface area (Å²) >= 11 is 0. The first-order valence-corrected chi connectivity index (χ1v) is 8.62. The highest BCUT2D eigenvalue weighted by Crippen LogP contribution is 2.45. The summed E-state index contributed by atoms with van der Waals surface area (Å²) in [6, 6.07) is 8.91. The molecule has 1 saturated heterocycles. The second-order valence-electron chi connectivity index (χ2n) is 7.46. The number of carbonyl (C=O) groups excluding carboxylic acids is 2. The van der Waals surface area contributed by atoms with E-state index in [0.29, 0.717) is 5.75 Å². The lowest BCUT2D eigenvalue weighted by Crippen LogP contribution is -2.62. The number of fused-ring (bicyclic) bond motifs is 1. The molecule has 0 spiro atoms. The van der Waals surface area contributed by atoms with Crippen LogP contribution in [-0.2, 0) is 19.1 Å². The van der Waals surface area contributed by atoms with Crippen LogP contribution in [0.15, 0.2) is 41.8 Å². The molecular weight excluding hydrogens is 352 g/mol. The van der Waals surface area contributed by atoms with Gasteiger partial charge in [-0.3, -0.25) is 14.5 Å². The maximum Gasteiger partial charge on any atom is 0.356 e. The van der Waals surface area contributed by atoms with Crippen molar-refractivity contribution in [2.75, 3.05) is 13.2 Å². The van der Waals surface area contributed by atoms with Gasteiger partial charge in [-0.1, -0.05) is 39.0 Å². The molecule has 0 radical (unpaired) electrons. The molecule has 1 aromatic carbocycles. The summed E-state index contributed by atoms with van der Waals surface area (Å²) in [6.07, 6.45) is -0.701. The molecule has 144 valence electrons. The smallest absolute Gasteiger partial charge is 0.356 e. The van der Waals surface area contributed by atoms with Crippen molar-refractivity contribution in [1.82, 2.24) is 10.2 Å². The molecule has 0 unspecified atom stereocenters. The van der Waals surface area contributed by atoms with E-state index in [1.165, 1.54) is 0 Å². The largest absolute Gasteiger partial charge is 0.484 e. The molecule has 2 atom stereocenters. The molecule has 2 heterocycles. The van der Waals surface area contributed by atoms with E-state index in [1.54, 1.807) is 24.3 Å². The topological polar surface area (TPSA) is 105 Å². The van der Waals surface area contributed by atoms with Crippen molar-refractivity contribution in [1.29, 1.82) is 0 Å². The average Bonchev–Trinajstić information content (AvgIpc) is 2.97. The third-order valence-electron chi connectivity index (χ3n) is 4.36. The average molecular weight is 374 g/mol. The number of rotatable bonds is 6. The fourth-order valence-electron chi connectivity index (χ4n) is 3.04. The number of carboxylic acids is 1. The third-order valence-corrected chi connectivity index (χ3v) is 4.36. The van der Waals surface area contributed by atoms with Gasteiger partial charge in [0, 0.05) is 12.0 Å². The van der Waals surface area contributed by atoms with Crippen LogP contribution in [-0.4, -0.2) is 47.2 Å². The Bertz CT molecular complexity index is 796. The highest BCUT2D eigenvalue weighted by Gasteiger charge is 2.58. The number of ether oxygens (including phenoxy) is 2. The summed E-state index contributed by atoms with van der Waals surface area (Å²) in [5, 5.41) is 12.1. The summed E-state index contributed by atoms with van der Waals surface area (Å²) < 4.78 is 11.1. The number of allylic oxidation sites excluding steroid dienone is 1. The zero-order chi connectivity index (χ0) is 19.8. The lowest BCUT2D eigenvalue weighted by atomic mass is 9.91. The first-order valence-electron chi connectivity index (χ1n) is 8.62. The van der Waals surface area contributed by atoms with Gasteiger partial charge in [0.1, 0.15) is 17.4 Å². The number of nitrogens with zero attached hydrogens (tertiary/aromatic N) is 1. The van der Waals surface area contributed by atoms with E-state index in [1.807, 2.05) is 26.8 Å². The monoisotopic (exact) mass is 374 g/mol. The first-order chi connectivity index (χ1) is 12.7. The van der Waals surface area contributed by atoms with Gasteiger partial charge >= 0.3 is 5.97 Å². The van der Waals surface area contributed by atoms with E-state index in [-0.39, 0.29) is 36.4 Å². The van der Waals surface area contributed by atoms with Crippen molar-refractivity contribution < 1.29 is 29.0 Å². The van der Waals surface area contributed by atoms with Crippen molar-refractivity contribution in [2.24, 2.45) is 11.3 Å². The van der Waals surface area contributed by atoms with Gasteiger partial charge in [-0.15, -0.1) is 0 Å². The molecule has 0 aromatic heterocycles. The predicted molar refractivity (Wildman–Crippen MR) is 94.3 cm³/mol. The van der Waals surface area contributed by atoms with Crippen molar-refractivity contribution in [2.45, 2.75) is 27.0 Å². The molecule has 2 amide bonds. The summed E-state index contributed by atoms with van der Waals surface area (Å²) in [5.41, 5.74) is -0.671. The van der Waals surface area contributed by atoms with Crippen LogP contribution >= 0.6 is 0 Å². The minimum absolute atomic E-state index is 0.0569. The van der Waals surface area contributed by atoms with Gasteiger partial charge in [0.2, 0.25) is 5.91 Å². The molecule has 2 aliphatic heterocycles. The van der Waals surface area contributed by atoms with E-state index in [9.17, 15) is 19.5 Å². The van der Waals surface area contributed by atoms with Crippen molar-refractivity contribution >= 4 is 17.8 Å². The maximum atomic E-state index is 12.4. The van der Waals surface area contributed by atoms with E-state index in [2.05, 4.69) is 5.32 Å². The molecule has 1 fully saturated rings. The SMILES string of the molecule is CC(C)(C)C1=C(C(=O)O)N2C(=O)[C@H](CNC(=O)COc3ccccc3)[C@H]2O1. The Balaban J connectivity index is 1.56. The minimum Gasteiger partial charge on any atom is -0.484 e. The molecule has 0 saturated carbocycles. The quantitative estimate of drug-likeness (QED) is 0.728. The highest BCUT2D eigenvalue weighted by atomic mass is 16.5. The Kier molecular flexibility index (Phi) is 4.82. The molecule has 3 rings (SSSR count). The van der Waals surface area contributed by atoms with Crippen molar-refractivity contribution in [3.05, 3.63) is 41.8 Å². The van der Waals surface area contributed by atoms with E-state index < -0.39 is 23.5 Å². The van der Waals surface area contributed by atoms with Gasteiger partial charge < -0.3 is 19.9 Å². The number of β-lactam (4-membered cyclic amide) rings is 1. The number of para-hydroxylation sites is 1. The van der Waals surface area contributed by atoms with Crippen LogP contribution in [0, 0.1) is 11.3 Å². The van der Waals surface area contributed by atoms with Gasteiger partial charge in [0.25, 0.3) is 5.91 Å². The Morgan fingerprint density at radius 1 is 1.26 bits per heavy atom. The number of aliphatic carboxylic acids is 1. The van der Waals surface area contributed by atoms with E-state index in [4.69, 9.17) is 9.47 Å². The Morgan fingerprint density at radius 2 is 1.93 bits per heavy atom. The number of carbonyl (C=O) groups is 3. The number of hydrogen-bond acceptors (Lipinski definition) is 5. The lowest BCUT2D eigenvalue weighted by Gasteiger charge is -2.41. The molecular formula is C19H22N2O6. The summed E-state index contributed by atoms with van der Waals surface area (Å²) in [7, 11) is 0. The van der Waals surface area contributed by atoms with Crippen LogP contribution in [0.4, 0.5) is 0 Å². The summed E-state index contributed by atoms with van der Waals surface area (Å²) in [4.78, 5) is 37.1. The summed E-state index contributed by atoms with van der Waals surface area (Å²) in [5.74, 6) is -1.72. The maximum absolute atomic E-state index is 12.4. The van der Waals surface area contributed by atoms with E-state index >= 15 is 0 Å². The van der Waals surface area contributed by atoms with Gasteiger partial charge in [-0.25, -0.2) is 4.79 Å². The van der Waals surface area contributed by atoms with Crippen LogP contribution in [0.2, 0.25) is 0 Å². The fraction of sp³-hybridized carbons (Fsp3) is 0.421. The predicted octanol–water partition coefficient (Wildman–Crippen LogP) is 1.34. The summed E-state index contributed by atoms with van der Waals surface area (Å²) in [6.45, 7) is 5.34. The Morgan fingerprint density at radius 3 is 2.52 bits per heavy atom. The molecule has 1 aromatic rings. The van der Waals surface area contributed by atoms with Gasteiger partial charge in [-0.05, 0) is 12.1 Å². The standard InChI is InChI=1S/C19H22N2O6/c1-19(2,3)15-14(18(24)25)21-16(23)12(17(21)27-15)9-20-13(22)10-26-11-7-5-4-6-8-11/h4-8,12,17H,9-10H2,1-3H3,(H,20,22)(H,24,25)/t12-,17+/m0/s1. The number of benzene rings is 1. The van der Waals surface area contributed by atoms with Gasteiger partial charge in [0.05, 0.1) is 0 Å². The Labute approximate surface area is 156 Å². The second kappa shape index (κ2) is 6.94. The second-order valence-corrected chi connectivity index (χ2v) is 7.46. The molecule has 2 N–H and O–H groups in total. The van der Waals surface area contributed by atoms with Crippen LogP contribution in [0.25, 0.3) is 0 Å². The van der Waals surface area contributed by atoms with Crippen LogP contribution in [0.5, 0.6) is 5.75 Å². The van der Waals surface area contributed by atoms with Gasteiger partial charge in [-0.2, -0.15) is 0 Å². The normalized spacial score (nSPS) is 21.3. The third kappa shape index (κ3) is 3.60. The van der Waals surface area contributed by atoms with Crippen LogP contribution in [0.3, 0.4) is 0 Å². The van der Waals surface area contributed by atoms with Crippen LogP contribution < -0.4 is 10.1 Å². The zero-order valence-electron chi connectivity index (χ0n) is 15.4. The van der Waals surface area contributed by atoms with Crippen LogP contribution in [0.1, 0.15) is 20.8 Å². The van der Waals surface area contributed by atoms with Crippen molar-refractivity contribution in [3.63, 3.8) is 0 Å². The van der Waals surface area contributed by atoms with Gasteiger partial charge in [0.15, 0.2) is 18.5 Å². The molecule has 2 aliphatic rings. The van der Waals surface area contributed by atoms with E-state index in [0.717, 1.165) is 4.90 Å². The molecule has 0 bridgehead atoms. The lowest BCUT2D eigenvalue weighted by molar-refractivity contribution is -0.172. The molecule has 8 heteroatoms. The van der Waals surface area contributed by atoms with Crippen molar-refractivity contribution in [3.8, 4) is 5.75 Å². The molecule has 8 nitrogen and oxygen atoms in total. The molecule has 0 aliphatic carbocycles. The zero-order valence-corrected chi connectivity index (χ0v) is 15.4.